The highest BCUT2D eigenvalue weighted by Crippen LogP contribution is 1.94. The zero-order valence-corrected chi connectivity index (χ0v) is 10.6. The third kappa shape index (κ3) is 9.79. The Morgan fingerprint density at radius 3 is 1.45 bits per heavy atom. The summed E-state index contributed by atoms with van der Waals surface area (Å²) < 4.78 is 8.90. The van der Waals surface area contributed by atoms with Crippen LogP contribution in [0.3, 0.4) is 0 Å². The molecule has 0 fully saturated rings. The summed E-state index contributed by atoms with van der Waals surface area (Å²) in [5.74, 6) is -2.23. The molecule has 20 heavy (non-hydrogen) atoms. The van der Waals surface area contributed by atoms with Crippen LogP contribution in [0.4, 0.5) is 0 Å². The lowest BCUT2D eigenvalue weighted by Gasteiger charge is -2.24. The van der Waals surface area contributed by atoms with Gasteiger partial charge in [0.25, 0.3) is 12.9 Å². The molecule has 0 aliphatic carbocycles. The Kier molecular flexibility index (Phi) is 9.52. The molecule has 0 rings (SSSR count). The minimum absolute atomic E-state index is 0.121. The molecule has 0 heterocycles. The fourth-order valence-electron chi connectivity index (χ4n) is 1.32. The number of carboxylic acids is 2. The van der Waals surface area contributed by atoms with Crippen molar-refractivity contribution < 1.29 is 38.9 Å². The molecule has 0 radical (unpaired) electrons. The van der Waals surface area contributed by atoms with Crippen molar-refractivity contribution in [2.24, 2.45) is 0 Å². The van der Waals surface area contributed by atoms with E-state index in [0.29, 0.717) is 0 Å². The molecule has 10 nitrogen and oxygen atoms in total. The summed E-state index contributed by atoms with van der Waals surface area (Å²) in [7, 11) is 0. The molecule has 114 valence electrons. The van der Waals surface area contributed by atoms with E-state index in [2.05, 4.69) is 9.47 Å². The average molecular weight is 292 g/mol. The molecule has 0 unspecified atom stereocenters. The minimum Gasteiger partial charge on any atom is -0.480 e. The first-order valence-corrected chi connectivity index (χ1v) is 5.48. The maximum absolute atomic E-state index is 10.6. The summed E-state index contributed by atoms with van der Waals surface area (Å²) in [6.07, 6.45) is 0. The van der Waals surface area contributed by atoms with Crippen molar-refractivity contribution in [3.63, 3.8) is 0 Å². The molecule has 0 saturated carbocycles. The fourth-order valence-corrected chi connectivity index (χ4v) is 1.32. The molecule has 0 aliphatic rings. The quantitative estimate of drug-likeness (QED) is 0.290. The van der Waals surface area contributed by atoms with Gasteiger partial charge in [0.05, 0.1) is 13.1 Å². The first-order chi connectivity index (χ1) is 9.49. The van der Waals surface area contributed by atoms with Crippen molar-refractivity contribution in [3.8, 4) is 0 Å². The van der Waals surface area contributed by atoms with Crippen LogP contribution in [0.1, 0.15) is 0 Å². The van der Waals surface area contributed by atoms with E-state index in [4.69, 9.17) is 10.2 Å². The smallest absolute Gasteiger partial charge is 0.317 e. The Bertz CT molecular complexity index is 303. The van der Waals surface area contributed by atoms with Crippen molar-refractivity contribution in [1.82, 2.24) is 9.80 Å². The highest BCUT2D eigenvalue weighted by atomic mass is 16.5. The highest BCUT2D eigenvalue weighted by Gasteiger charge is 2.14. The summed E-state index contributed by atoms with van der Waals surface area (Å²) in [4.78, 5) is 43.9. The molecule has 0 saturated heterocycles. The number of carbonyl (C=O) groups is 4. The van der Waals surface area contributed by atoms with Crippen molar-refractivity contribution in [3.05, 3.63) is 0 Å². The van der Waals surface area contributed by atoms with Gasteiger partial charge in [-0.15, -0.1) is 0 Å². The van der Waals surface area contributed by atoms with E-state index in [0.717, 1.165) is 0 Å². The van der Waals surface area contributed by atoms with Gasteiger partial charge in [-0.1, -0.05) is 0 Å². The first-order valence-electron chi connectivity index (χ1n) is 5.48. The van der Waals surface area contributed by atoms with Crippen LogP contribution in [0.15, 0.2) is 0 Å². The van der Waals surface area contributed by atoms with Crippen molar-refractivity contribution in [2.45, 2.75) is 0 Å². The first kappa shape index (κ1) is 17.8. The number of nitrogens with zero attached hydrogens (tertiary/aromatic N) is 2. The van der Waals surface area contributed by atoms with Crippen LogP contribution >= 0.6 is 0 Å². The molecular weight excluding hydrogens is 276 g/mol. The molecular formula is C10H16N2O8. The Labute approximate surface area is 114 Å². The lowest BCUT2D eigenvalue weighted by molar-refractivity contribution is -0.145. The number of carbonyl (C=O) groups excluding carboxylic acids is 2. The Hall–Kier alpha value is -2.20. The van der Waals surface area contributed by atoms with Crippen molar-refractivity contribution >= 4 is 24.9 Å². The summed E-state index contributed by atoms with van der Waals surface area (Å²) in [6.45, 7) is -0.604. The summed E-state index contributed by atoms with van der Waals surface area (Å²) in [5.41, 5.74) is 0. The molecule has 0 amide bonds. The van der Waals surface area contributed by atoms with Crippen molar-refractivity contribution in [1.29, 1.82) is 0 Å². The van der Waals surface area contributed by atoms with Crippen molar-refractivity contribution in [2.75, 3.05) is 39.6 Å². The van der Waals surface area contributed by atoms with Crippen LogP contribution in [0, 0.1) is 0 Å². The van der Waals surface area contributed by atoms with E-state index in [1.165, 1.54) is 9.80 Å². The van der Waals surface area contributed by atoms with E-state index >= 15 is 0 Å². The number of hydrogen-bond acceptors (Lipinski definition) is 8. The second-order valence-corrected chi connectivity index (χ2v) is 3.68. The molecule has 0 spiro atoms. The number of carboxylic acid groups (broad SMARTS) is 2. The largest absolute Gasteiger partial charge is 0.480 e. The van der Waals surface area contributed by atoms with E-state index in [9.17, 15) is 19.2 Å². The zero-order valence-electron chi connectivity index (χ0n) is 10.6. The third-order valence-corrected chi connectivity index (χ3v) is 2.10. The standard InChI is InChI=1S/C10H16N2O8/c13-7-19-5-11(3-9(15)16)1-2-12(4-10(17)18)6-20-8-14/h7-8H,1-6H2,(H,15,16)(H,17,18). The predicted octanol–water partition coefficient (Wildman–Crippen LogP) is -1.98. The van der Waals surface area contributed by atoms with Crippen LogP contribution in [0.5, 0.6) is 0 Å². The molecule has 0 aromatic heterocycles. The Balaban J connectivity index is 4.33. The van der Waals surface area contributed by atoms with Crippen LogP contribution in [-0.2, 0) is 28.7 Å². The molecule has 0 aromatic carbocycles. The minimum atomic E-state index is -1.12. The Morgan fingerprint density at radius 1 is 0.850 bits per heavy atom. The van der Waals surface area contributed by atoms with Gasteiger partial charge in [-0.25, -0.2) is 0 Å². The summed E-state index contributed by atoms with van der Waals surface area (Å²) in [6, 6.07) is 0. The second-order valence-electron chi connectivity index (χ2n) is 3.68. The van der Waals surface area contributed by atoms with Crippen LogP contribution < -0.4 is 0 Å². The number of rotatable bonds is 13. The van der Waals surface area contributed by atoms with Gasteiger partial charge in [-0.3, -0.25) is 29.0 Å². The topological polar surface area (TPSA) is 134 Å². The van der Waals surface area contributed by atoms with E-state index in [-0.39, 0.29) is 52.6 Å². The molecule has 0 aliphatic heterocycles. The maximum Gasteiger partial charge on any atom is 0.317 e. The van der Waals surface area contributed by atoms with Gasteiger partial charge >= 0.3 is 11.9 Å². The van der Waals surface area contributed by atoms with Gasteiger partial charge in [0.1, 0.15) is 13.5 Å². The molecule has 0 atom stereocenters. The zero-order chi connectivity index (χ0) is 15.4. The van der Waals surface area contributed by atoms with Crippen LogP contribution in [0.25, 0.3) is 0 Å². The Morgan fingerprint density at radius 2 is 1.20 bits per heavy atom. The number of aliphatic carboxylic acids is 2. The van der Waals surface area contributed by atoms with E-state index < -0.39 is 11.9 Å². The van der Waals surface area contributed by atoms with E-state index in [1.54, 1.807) is 0 Å². The number of ether oxygens (including phenoxy) is 2. The average Bonchev–Trinajstić information content (AvgIpc) is 2.37. The molecule has 0 aromatic rings. The SMILES string of the molecule is O=COCN(CCN(COC=O)CC(=O)O)CC(=O)O. The van der Waals surface area contributed by atoms with Gasteiger partial charge in [-0.2, -0.15) is 0 Å². The van der Waals surface area contributed by atoms with Gasteiger partial charge in [0.15, 0.2) is 0 Å². The normalized spacial score (nSPS) is 10.3. The van der Waals surface area contributed by atoms with Gasteiger partial charge in [-0.05, 0) is 0 Å². The summed E-state index contributed by atoms with van der Waals surface area (Å²) in [5, 5.41) is 17.3. The van der Waals surface area contributed by atoms with E-state index in [1.807, 2.05) is 0 Å². The highest BCUT2D eigenvalue weighted by molar-refractivity contribution is 5.69. The summed E-state index contributed by atoms with van der Waals surface area (Å²) >= 11 is 0. The maximum atomic E-state index is 10.6. The fraction of sp³-hybridized carbons (Fsp3) is 0.600. The molecule has 10 heteroatoms. The van der Waals surface area contributed by atoms with Gasteiger partial charge < -0.3 is 19.7 Å². The molecule has 2 N–H and O–H groups in total. The van der Waals surface area contributed by atoms with Gasteiger partial charge in [0, 0.05) is 13.1 Å². The third-order valence-electron chi connectivity index (χ3n) is 2.10. The molecule has 0 bridgehead atoms. The predicted molar refractivity (Wildman–Crippen MR) is 62.4 cm³/mol. The number of hydrogen-bond donors (Lipinski definition) is 2. The lowest BCUT2D eigenvalue weighted by atomic mass is 10.4. The lowest BCUT2D eigenvalue weighted by Crippen LogP contribution is -2.41. The van der Waals surface area contributed by atoms with Crippen LogP contribution in [0.2, 0.25) is 0 Å². The monoisotopic (exact) mass is 292 g/mol. The second kappa shape index (κ2) is 10.7. The van der Waals surface area contributed by atoms with Crippen LogP contribution in [-0.4, -0.2) is 84.5 Å². The van der Waals surface area contributed by atoms with Gasteiger partial charge in [0.2, 0.25) is 0 Å².